The molecule has 0 saturated heterocycles. The van der Waals surface area contributed by atoms with Gasteiger partial charge in [0.2, 0.25) is 0 Å². The summed E-state index contributed by atoms with van der Waals surface area (Å²) >= 11 is 0. The van der Waals surface area contributed by atoms with Crippen LogP contribution in [0.5, 0.6) is 0 Å². The Bertz CT molecular complexity index is 356. The molecule has 0 aliphatic carbocycles. The molecule has 0 aliphatic rings. The lowest BCUT2D eigenvalue weighted by Gasteiger charge is -2.21. The van der Waals surface area contributed by atoms with Gasteiger partial charge >= 0.3 is 0 Å². The zero-order valence-corrected chi connectivity index (χ0v) is 11.9. The molecule has 0 N–H and O–H groups in total. The fourth-order valence-corrected chi connectivity index (χ4v) is 2.12. The van der Waals surface area contributed by atoms with E-state index >= 15 is 0 Å². The molecule has 0 fully saturated rings. The fourth-order valence-electron chi connectivity index (χ4n) is 2.12. The molecule has 0 bridgehead atoms. The first-order valence-electron chi connectivity index (χ1n) is 6.33. The predicted octanol–water partition coefficient (Wildman–Crippen LogP) is 3.84. The van der Waals surface area contributed by atoms with Gasteiger partial charge in [0.05, 0.1) is 11.2 Å². The molecule has 1 aromatic heterocycles. The molecular formula is C14H26N2. The van der Waals surface area contributed by atoms with E-state index in [1.165, 1.54) is 23.4 Å². The molecule has 0 spiro atoms. The summed E-state index contributed by atoms with van der Waals surface area (Å²) in [7, 11) is 0. The summed E-state index contributed by atoms with van der Waals surface area (Å²) in [6, 6.07) is 0. The Balaban J connectivity index is 3.08. The maximum atomic E-state index is 4.69. The van der Waals surface area contributed by atoms with E-state index in [4.69, 9.17) is 0 Å². The van der Waals surface area contributed by atoms with Crippen LogP contribution >= 0.6 is 0 Å². The summed E-state index contributed by atoms with van der Waals surface area (Å²) in [5.74, 6) is 0.745. The highest BCUT2D eigenvalue weighted by atomic mass is 15.3. The lowest BCUT2D eigenvalue weighted by molar-refractivity contribution is 0.346. The van der Waals surface area contributed by atoms with Gasteiger partial charge in [0, 0.05) is 5.69 Å². The molecule has 2 heteroatoms. The Morgan fingerprint density at radius 2 is 1.81 bits per heavy atom. The largest absolute Gasteiger partial charge is 0.264 e. The van der Waals surface area contributed by atoms with Crippen LogP contribution in [0.2, 0.25) is 0 Å². The third-order valence-corrected chi connectivity index (χ3v) is 3.33. The topological polar surface area (TPSA) is 17.8 Å². The molecule has 1 aromatic rings. The average Bonchev–Trinajstić information content (AvgIpc) is 2.44. The van der Waals surface area contributed by atoms with Crippen LogP contribution < -0.4 is 0 Å². The minimum Gasteiger partial charge on any atom is -0.264 e. The van der Waals surface area contributed by atoms with Gasteiger partial charge in [-0.3, -0.25) is 4.68 Å². The van der Waals surface area contributed by atoms with Gasteiger partial charge in [-0.05, 0) is 52.5 Å². The van der Waals surface area contributed by atoms with Gasteiger partial charge < -0.3 is 0 Å². The minimum absolute atomic E-state index is 0.0859. The van der Waals surface area contributed by atoms with Crippen LogP contribution in [0.1, 0.15) is 58.0 Å². The van der Waals surface area contributed by atoms with E-state index in [-0.39, 0.29) is 5.54 Å². The van der Waals surface area contributed by atoms with Crippen molar-refractivity contribution < 1.29 is 0 Å². The van der Waals surface area contributed by atoms with Crippen molar-refractivity contribution in [2.45, 2.75) is 66.8 Å². The molecule has 0 radical (unpaired) electrons. The van der Waals surface area contributed by atoms with Gasteiger partial charge in [0.25, 0.3) is 0 Å². The Labute approximate surface area is 100 Å². The zero-order chi connectivity index (χ0) is 12.5. The third kappa shape index (κ3) is 2.66. The smallest absolute Gasteiger partial charge is 0.0628 e. The summed E-state index contributed by atoms with van der Waals surface area (Å²) in [6.07, 6.45) is 2.39. The SMILES string of the molecule is CCC(C)Cc1c(C)nn(C(C)(C)C)c1C. The maximum Gasteiger partial charge on any atom is 0.0628 e. The van der Waals surface area contributed by atoms with Crippen LogP contribution in [0.4, 0.5) is 0 Å². The van der Waals surface area contributed by atoms with E-state index in [9.17, 15) is 0 Å². The zero-order valence-electron chi connectivity index (χ0n) is 11.9. The monoisotopic (exact) mass is 222 g/mol. The van der Waals surface area contributed by atoms with Crippen molar-refractivity contribution in [1.82, 2.24) is 9.78 Å². The number of hydrogen-bond acceptors (Lipinski definition) is 1. The van der Waals surface area contributed by atoms with E-state index in [0.717, 1.165) is 12.3 Å². The number of aryl methyl sites for hydroxylation is 1. The second kappa shape index (κ2) is 4.60. The highest BCUT2D eigenvalue weighted by molar-refractivity contribution is 5.25. The van der Waals surface area contributed by atoms with E-state index in [1.807, 2.05) is 0 Å². The number of aromatic nitrogens is 2. The standard InChI is InChI=1S/C14H26N2/c1-8-10(2)9-13-11(3)15-16(12(13)4)14(5,6)7/h10H,8-9H2,1-7H3. The van der Waals surface area contributed by atoms with Crippen LogP contribution in [0.25, 0.3) is 0 Å². The first kappa shape index (κ1) is 13.3. The summed E-state index contributed by atoms with van der Waals surface area (Å²) in [5.41, 5.74) is 4.07. The molecule has 1 unspecified atom stereocenters. The second-order valence-electron chi connectivity index (χ2n) is 5.95. The summed E-state index contributed by atoms with van der Waals surface area (Å²) in [4.78, 5) is 0. The Morgan fingerprint density at radius 3 is 2.19 bits per heavy atom. The summed E-state index contributed by atoms with van der Waals surface area (Å²) < 4.78 is 2.17. The molecule has 16 heavy (non-hydrogen) atoms. The number of nitrogens with zero attached hydrogens (tertiary/aromatic N) is 2. The van der Waals surface area contributed by atoms with Crippen LogP contribution in [-0.4, -0.2) is 9.78 Å². The number of hydrogen-bond donors (Lipinski definition) is 0. The molecule has 1 atom stereocenters. The average molecular weight is 222 g/mol. The minimum atomic E-state index is 0.0859. The van der Waals surface area contributed by atoms with Crippen molar-refractivity contribution in [1.29, 1.82) is 0 Å². The van der Waals surface area contributed by atoms with Gasteiger partial charge in [-0.2, -0.15) is 5.10 Å². The van der Waals surface area contributed by atoms with Crippen LogP contribution in [0.15, 0.2) is 0 Å². The van der Waals surface area contributed by atoms with E-state index in [1.54, 1.807) is 0 Å². The molecule has 0 amide bonds. The van der Waals surface area contributed by atoms with Crippen LogP contribution in [0, 0.1) is 19.8 Å². The summed E-state index contributed by atoms with van der Waals surface area (Å²) in [6.45, 7) is 15.5. The summed E-state index contributed by atoms with van der Waals surface area (Å²) in [5, 5.41) is 4.69. The van der Waals surface area contributed by atoms with E-state index in [2.05, 4.69) is 58.2 Å². The molecule has 0 aromatic carbocycles. The Hall–Kier alpha value is -0.790. The Morgan fingerprint density at radius 1 is 1.25 bits per heavy atom. The molecule has 0 saturated carbocycles. The van der Waals surface area contributed by atoms with Crippen LogP contribution in [0.3, 0.4) is 0 Å². The van der Waals surface area contributed by atoms with Crippen molar-refractivity contribution in [3.8, 4) is 0 Å². The van der Waals surface area contributed by atoms with E-state index in [0.29, 0.717) is 0 Å². The van der Waals surface area contributed by atoms with Gasteiger partial charge in [0.1, 0.15) is 0 Å². The van der Waals surface area contributed by atoms with Crippen molar-refractivity contribution in [3.63, 3.8) is 0 Å². The van der Waals surface area contributed by atoms with Gasteiger partial charge in [-0.25, -0.2) is 0 Å². The molecule has 0 aliphatic heterocycles. The maximum absolute atomic E-state index is 4.69. The van der Waals surface area contributed by atoms with Gasteiger partial charge in [-0.1, -0.05) is 20.3 Å². The van der Waals surface area contributed by atoms with E-state index < -0.39 is 0 Å². The van der Waals surface area contributed by atoms with Crippen LogP contribution in [-0.2, 0) is 12.0 Å². The molecule has 92 valence electrons. The Kier molecular flexibility index (Phi) is 3.82. The van der Waals surface area contributed by atoms with Crippen molar-refractivity contribution >= 4 is 0 Å². The quantitative estimate of drug-likeness (QED) is 0.759. The molecule has 1 heterocycles. The number of rotatable bonds is 3. The van der Waals surface area contributed by atoms with Crippen molar-refractivity contribution in [2.75, 3.05) is 0 Å². The first-order chi connectivity index (χ1) is 7.27. The third-order valence-electron chi connectivity index (χ3n) is 3.33. The van der Waals surface area contributed by atoms with Gasteiger partial charge in [-0.15, -0.1) is 0 Å². The van der Waals surface area contributed by atoms with Gasteiger partial charge in [0.15, 0.2) is 0 Å². The second-order valence-corrected chi connectivity index (χ2v) is 5.95. The van der Waals surface area contributed by atoms with Crippen molar-refractivity contribution in [2.24, 2.45) is 5.92 Å². The lowest BCUT2D eigenvalue weighted by atomic mass is 9.97. The highest BCUT2D eigenvalue weighted by Crippen LogP contribution is 2.24. The fraction of sp³-hybridized carbons (Fsp3) is 0.786. The first-order valence-corrected chi connectivity index (χ1v) is 6.33. The van der Waals surface area contributed by atoms with Crippen molar-refractivity contribution in [3.05, 3.63) is 17.0 Å². The highest BCUT2D eigenvalue weighted by Gasteiger charge is 2.21. The normalized spacial score (nSPS) is 14.2. The molecule has 1 rings (SSSR count). The predicted molar refractivity (Wildman–Crippen MR) is 69.9 cm³/mol. The molecular weight excluding hydrogens is 196 g/mol. The lowest BCUT2D eigenvalue weighted by Crippen LogP contribution is -2.24. The molecule has 2 nitrogen and oxygen atoms in total.